The lowest BCUT2D eigenvalue weighted by atomic mass is 9.85. The number of aromatic nitrogens is 2. The fraction of sp³-hybridized carbons (Fsp3) is 0.667. The number of hydrogen-bond acceptors (Lipinski definition) is 2. The molecule has 1 saturated carbocycles. The molecule has 0 unspecified atom stereocenters. The van der Waals surface area contributed by atoms with Gasteiger partial charge in [0.15, 0.2) is 0 Å². The number of hydrogen-bond donors (Lipinski definition) is 1. The van der Waals surface area contributed by atoms with Gasteiger partial charge in [0.1, 0.15) is 0 Å². The average molecular weight is 202 g/mol. The minimum absolute atomic E-state index is 0. The van der Waals surface area contributed by atoms with E-state index in [0.717, 1.165) is 18.2 Å². The van der Waals surface area contributed by atoms with E-state index in [0.29, 0.717) is 0 Å². The highest BCUT2D eigenvalue weighted by Crippen LogP contribution is 2.27. The lowest BCUT2D eigenvalue weighted by Gasteiger charge is -2.24. The minimum atomic E-state index is 0. The summed E-state index contributed by atoms with van der Waals surface area (Å²) in [7, 11) is 1.92. The molecule has 4 heteroatoms. The van der Waals surface area contributed by atoms with Crippen LogP contribution in [0.2, 0.25) is 0 Å². The molecule has 1 aromatic rings. The molecule has 1 heterocycles. The Bertz CT molecular complexity index is 255. The second kappa shape index (κ2) is 4.51. The first kappa shape index (κ1) is 10.4. The van der Waals surface area contributed by atoms with E-state index < -0.39 is 0 Å². The first-order chi connectivity index (χ1) is 5.88. The maximum absolute atomic E-state index is 4.26. The molecule has 3 nitrogen and oxygen atoms in total. The lowest BCUT2D eigenvalue weighted by Crippen LogP contribution is -2.18. The molecule has 1 N–H and O–H groups in total. The molecule has 0 saturated heterocycles. The van der Waals surface area contributed by atoms with Gasteiger partial charge in [-0.05, 0) is 18.8 Å². The molecule has 1 aliphatic carbocycles. The zero-order valence-electron chi connectivity index (χ0n) is 7.86. The first-order valence-corrected chi connectivity index (χ1v) is 4.58. The summed E-state index contributed by atoms with van der Waals surface area (Å²) in [6.45, 7) is 1.10. The molecular formula is C9H16ClN3. The summed E-state index contributed by atoms with van der Waals surface area (Å²) in [6.07, 6.45) is 8.12. The van der Waals surface area contributed by atoms with Crippen LogP contribution in [-0.2, 0) is 6.54 Å². The zero-order valence-corrected chi connectivity index (χ0v) is 8.68. The van der Waals surface area contributed by atoms with E-state index in [4.69, 9.17) is 0 Å². The van der Waals surface area contributed by atoms with Crippen LogP contribution in [0.5, 0.6) is 0 Å². The van der Waals surface area contributed by atoms with E-state index in [1.54, 1.807) is 0 Å². The van der Waals surface area contributed by atoms with Crippen molar-refractivity contribution >= 4 is 18.1 Å². The number of rotatable bonds is 3. The van der Waals surface area contributed by atoms with Crippen LogP contribution in [0.3, 0.4) is 0 Å². The van der Waals surface area contributed by atoms with Crippen molar-refractivity contribution in [1.29, 1.82) is 0 Å². The predicted molar refractivity (Wildman–Crippen MR) is 56.4 cm³/mol. The Morgan fingerprint density at radius 3 is 2.85 bits per heavy atom. The van der Waals surface area contributed by atoms with Crippen molar-refractivity contribution in [3.63, 3.8) is 0 Å². The van der Waals surface area contributed by atoms with Crippen LogP contribution < -0.4 is 5.32 Å². The van der Waals surface area contributed by atoms with Gasteiger partial charge < -0.3 is 5.32 Å². The summed E-state index contributed by atoms with van der Waals surface area (Å²) in [6, 6.07) is 0. The summed E-state index contributed by atoms with van der Waals surface area (Å²) in [4.78, 5) is 0. The van der Waals surface area contributed by atoms with Crippen molar-refractivity contribution in [2.45, 2.75) is 25.8 Å². The van der Waals surface area contributed by atoms with Gasteiger partial charge in [0, 0.05) is 19.8 Å². The van der Waals surface area contributed by atoms with Crippen LogP contribution in [0.1, 0.15) is 19.3 Å². The number of anilines is 1. The molecule has 1 fully saturated rings. The number of nitrogens with zero attached hydrogens (tertiary/aromatic N) is 2. The molecule has 0 bridgehead atoms. The normalized spacial score (nSPS) is 16.1. The van der Waals surface area contributed by atoms with Crippen molar-refractivity contribution in [2.75, 3.05) is 12.4 Å². The third-order valence-corrected chi connectivity index (χ3v) is 2.59. The van der Waals surface area contributed by atoms with E-state index in [9.17, 15) is 0 Å². The molecular weight excluding hydrogens is 186 g/mol. The van der Waals surface area contributed by atoms with Gasteiger partial charge in [0.05, 0.1) is 11.9 Å². The Morgan fingerprint density at radius 1 is 1.62 bits per heavy atom. The van der Waals surface area contributed by atoms with Gasteiger partial charge in [-0.3, -0.25) is 4.68 Å². The molecule has 0 aromatic carbocycles. The summed E-state index contributed by atoms with van der Waals surface area (Å²) >= 11 is 0. The van der Waals surface area contributed by atoms with Crippen molar-refractivity contribution in [3.8, 4) is 0 Å². The van der Waals surface area contributed by atoms with Gasteiger partial charge in [0.2, 0.25) is 0 Å². The van der Waals surface area contributed by atoms with Gasteiger partial charge >= 0.3 is 0 Å². The fourth-order valence-electron chi connectivity index (χ4n) is 1.53. The molecule has 2 rings (SSSR count). The van der Waals surface area contributed by atoms with Gasteiger partial charge in [-0.25, -0.2) is 0 Å². The Morgan fingerprint density at radius 2 is 2.38 bits per heavy atom. The lowest BCUT2D eigenvalue weighted by molar-refractivity contribution is 0.266. The maximum atomic E-state index is 4.26. The van der Waals surface area contributed by atoms with Crippen LogP contribution in [0.15, 0.2) is 12.4 Å². The van der Waals surface area contributed by atoms with Gasteiger partial charge in [-0.15, -0.1) is 12.4 Å². The second-order valence-corrected chi connectivity index (χ2v) is 3.50. The molecule has 1 aliphatic rings. The van der Waals surface area contributed by atoms with Crippen LogP contribution in [0.25, 0.3) is 0 Å². The number of nitrogens with one attached hydrogen (secondary N) is 1. The third kappa shape index (κ3) is 2.37. The van der Waals surface area contributed by atoms with Crippen LogP contribution in [0, 0.1) is 5.92 Å². The standard InChI is InChI=1S/C9H15N3.ClH/c1-10-9-5-11-12(7-9)6-8-3-2-4-8;/h5,7-8,10H,2-4,6H2,1H3;1H. The molecule has 0 atom stereocenters. The fourth-order valence-corrected chi connectivity index (χ4v) is 1.53. The predicted octanol–water partition coefficient (Wildman–Crippen LogP) is 2.15. The summed E-state index contributed by atoms with van der Waals surface area (Å²) in [5.74, 6) is 0.884. The largest absolute Gasteiger partial charge is 0.386 e. The third-order valence-electron chi connectivity index (χ3n) is 2.59. The SMILES string of the molecule is CNc1cnn(CC2CCC2)c1.Cl. The van der Waals surface area contributed by atoms with E-state index >= 15 is 0 Å². The average Bonchev–Trinajstić information content (AvgIpc) is 2.44. The molecule has 1 aromatic heterocycles. The van der Waals surface area contributed by atoms with Crippen LogP contribution in [-0.4, -0.2) is 16.8 Å². The van der Waals surface area contributed by atoms with Gasteiger partial charge in [-0.1, -0.05) is 6.42 Å². The highest BCUT2D eigenvalue weighted by molar-refractivity contribution is 5.85. The van der Waals surface area contributed by atoms with Crippen LogP contribution >= 0.6 is 12.4 Å². The highest BCUT2D eigenvalue weighted by Gasteiger charge is 2.17. The van der Waals surface area contributed by atoms with Crippen LogP contribution in [0.4, 0.5) is 5.69 Å². The van der Waals surface area contributed by atoms with E-state index in [1.165, 1.54) is 19.3 Å². The Kier molecular flexibility index (Phi) is 3.60. The summed E-state index contributed by atoms with van der Waals surface area (Å²) in [5, 5.41) is 7.34. The minimum Gasteiger partial charge on any atom is -0.386 e. The summed E-state index contributed by atoms with van der Waals surface area (Å²) in [5.41, 5.74) is 1.11. The molecule has 0 radical (unpaired) electrons. The Labute approximate surface area is 84.9 Å². The number of halogens is 1. The first-order valence-electron chi connectivity index (χ1n) is 4.58. The molecule has 0 spiro atoms. The smallest absolute Gasteiger partial charge is 0.0723 e. The van der Waals surface area contributed by atoms with Gasteiger partial charge in [-0.2, -0.15) is 5.10 Å². The van der Waals surface area contributed by atoms with Crippen molar-refractivity contribution < 1.29 is 0 Å². The van der Waals surface area contributed by atoms with Crippen molar-refractivity contribution in [3.05, 3.63) is 12.4 Å². The summed E-state index contributed by atoms with van der Waals surface area (Å²) < 4.78 is 2.04. The molecule has 13 heavy (non-hydrogen) atoms. The Hall–Kier alpha value is -0.700. The van der Waals surface area contributed by atoms with Gasteiger partial charge in [0.25, 0.3) is 0 Å². The van der Waals surface area contributed by atoms with Crippen molar-refractivity contribution in [1.82, 2.24) is 9.78 Å². The highest BCUT2D eigenvalue weighted by atomic mass is 35.5. The topological polar surface area (TPSA) is 29.9 Å². The van der Waals surface area contributed by atoms with E-state index in [2.05, 4.69) is 16.6 Å². The monoisotopic (exact) mass is 201 g/mol. The Balaban J connectivity index is 0.000000845. The molecule has 0 aliphatic heterocycles. The van der Waals surface area contributed by atoms with E-state index in [-0.39, 0.29) is 12.4 Å². The second-order valence-electron chi connectivity index (χ2n) is 3.50. The zero-order chi connectivity index (χ0) is 8.39. The quantitative estimate of drug-likeness (QED) is 0.812. The molecule has 74 valence electrons. The molecule has 0 amide bonds. The maximum Gasteiger partial charge on any atom is 0.0723 e. The van der Waals surface area contributed by atoms with Crippen molar-refractivity contribution in [2.24, 2.45) is 5.92 Å². The van der Waals surface area contributed by atoms with E-state index in [1.807, 2.05) is 17.9 Å².